The minimum absolute atomic E-state index is 0.107. The predicted octanol–water partition coefficient (Wildman–Crippen LogP) is 5.83. The van der Waals surface area contributed by atoms with E-state index in [4.69, 9.17) is 0 Å². The van der Waals surface area contributed by atoms with Gasteiger partial charge in [0.25, 0.3) is 0 Å². The van der Waals surface area contributed by atoms with Crippen LogP contribution in [0.5, 0.6) is 0 Å². The number of nitrogens with zero attached hydrogens (tertiary/aromatic N) is 1. The molecule has 1 atom stereocenters. The highest BCUT2D eigenvalue weighted by Crippen LogP contribution is 2.29. The molecule has 1 amide bonds. The van der Waals surface area contributed by atoms with Crippen LogP contribution >= 0.6 is 0 Å². The Labute approximate surface area is 161 Å². The average Bonchev–Trinajstić information content (AvgIpc) is 2.69. The molecular weight excluding hydrogens is 332 g/mol. The number of carbonyl (C=O) groups excluding carboxylic acids is 1. The summed E-state index contributed by atoms with van der Waals surface area (Å²) in [6, 6.07) is 18.1. The summed E-state index contributed by atoms with van der Waals surface area (Å²) in [5.41, 5.74) is 3.93. The van der Waals surface area contributed by atoms with E-state index in [-0.39, 0.29) is 11.3 Å². The average molecular weight is 358 g/mol. The number of rotatable bonds is 6. The lowest BCUT2D eigenvalue weighted by Gasteiger charge is -2.24. The van der Waals surface area contributed by atoms with Crippen LogP contribution in [0.1, 0.15) is 44.2 Å². The molecule has 0 aliphatic heterocycles. The van der Waals surface area contributed by atoms with Gasteiger partial charge in [-0.05, 0) is 35.1 Å². The molecule has 0 radical (unpaired) electrons. The Morgan fingerprint density at radius 2 is 1.89 bits per heavy atom. The first-order valence-corrected chi connectivity index (χ1v) is 9.33. The van der Waals surface area contributed by atoms with Crippen molar-refractivity contribution in [3.8, 4) is 0 Å². The lowest BCUT2D eigenvalue weighted by molar-refractivity contribution is -0.116. The largest absolute Gasteiger partial charge is 0.324 e. The molecule has 1 heterocycles. The summed E-state index contributed by atoms with van der Waals surface area (Å²) in [6.45, 7) is 10.5. The molecule has 0 saturated heterocycles. The zero-order valence-corrected chi connectivity index (χ0v) is 16.2. The number of hydrogen-bond acceptors (Lipinski definition) is 2. The van der Waals surface area contributed by atoms with E-state index >= 15 is 0 Å². The molecule has 3 rings (SSSR count). The lowest BCUT2D eigenvalue weighted by atomic mass is 9.81. The minimum Gasteiger partial charge on any atom is -0.324 e. The van der Waals surface area contributed by atoms with Crippen molar-refractivity contribution >= 4 is 22.5 Å². The van der Waals surface area contributed by atoms with E-state index in [1.807, 2.05) is 42.5 Å². The van der Waals surface area contributed by atoms with Gasteiger partial charge in [-0.25, -0.2) is 0 Å². The van der Waals surface area contributed by atoms with Gasteiger partial charge in [0, 0.05) is 5.39 Å². The normalized spacial score (nSPS) is 12.6. The second kappa shape index (κ2) is 7.75. The zero-order valence-electron chi connectivity index (χ0n) is 16.2. The van der Waals surface area contributed by atoms with Crippen molar-refractivity contribution in [1.29, 1.82) is 0 Å². The van der Waals surface area contributed by atoms with E-state index in [1.165, 1.54) is 5.56 Å². The van der Waals surface area contributed by atoms with Crippen LogP contribution in [0.4, 0.5) is 5.69 Å². The van der Waals surface area contributed by atoms with E-state index < -0.39 is 5.92 Å². The molecule has 2 aromatic carbocycles. The van der Waals surface area contributed by atoms with Gasteiger partial charge >= 0.3 is 0 Å². The van der Waals surface area contributed by atoms with Crippen LogP contribution in [0.2, 0.25) is 0 Å². The quantitative estimate of drug-likeness (QED) is 0.563. The first-order chi connectivity index (χ1) is 12.9. The highest BCUT2D eigenvalue weighted by Gasteiger charge is 2.21. The van der Waals surface area contributed by atoms with Gasteiger partial charge in [0.1, 0.15) is 0 Å². The Balaban J connectivity index is 1.80. The maximum Gasteiger partial charge on any atom is 0.235 e. The number of fused-ring (bicyclic) bond motifs is 1. The molecule has 0 saturated carbocycles. The third-order valence-corrected chi connectivity index (χ3v) is 5.31. The summed E-state index contributed by atoms with van der Waals surface area (Å²) in [7, 11) is 0. The van der Waals surface area contributed by atoms with Crippen LogP contribution in [0.3, 0.4) is 0 Å². The number of benzene rings is 2. The number of pyridine rings is 1. The SMILES string of the molecule is C=CC(C(=O)Nc1cnc2ccccc2c1)c1ccc(C(C)(C)CC)cc1. The summed E-state index contributed by atoms with van der Waals surface area (Å²) >= 11 is 0. The van der Waals surface area contributed by atoms with Gasteiger partial charge in [-0.2, -0.15) is 0 Å². The molecule has 0 bridgehead atoms. The molecule has 1 unspecified atom stereocenters. The standard InChI is InChI=1S/C24H26N2O/c1-5-21(17-11-13-19(14-12-17)24(3,4)6-2)23(27)26-20-15-18-9-7-8-10-22(18)25-16-20/h5,7-16,21H,1,6H2,2-4H3,(H,26,27). The van der Waals surface area contributed by atoms with Crippen molar-refractivity contribution in [3.05, 3.63) is 84.6 Å². The third-order valence-electron chi connectivity index (χ3n) is 5.31. The summed E-state index contributed by atoms with van der Waals surface area (Å²) < 4.78 is 0. The lowest BCUT2D eigenvalue weighted by Crippen LogP contribution is -2.20. The van der Waals surface area contributed by atoms with Crippen molar-refractivity contribution in [2.45, 2.75) is 38.5 Å². The Morgan fingerprint density at radius 1 is 1.19 bits per heavy atom. The van der Waals surface area contributed by atoms with Crippen molar-refractivity contribution < 1.29 is 4.79 Å². The second-order valence-corrected chi connectivity index (χ2v) is 7.48. The summed E-state index contributed by atoms with van der Waals surface area (Å²) in [4.78, 5) is 17.2. The molecule has 0 aliphatic rings. The smallest absolute Gasteiger partial charge is 0.235 e. The van der Waals surface area contributed by atoms with Crippen LogP contribution < -0.4 is 5.32 Å². The monoisotopic (exact) mass is 358 g/mol. The molecule has 3 nitrogen and oxygen atoms in total. The fourth-order valence-corrected chi connectivity index (χ4v) is 3.10. The Hall–Kier alpha value is -2.94. The molecule has 0 aliphatic carbocycles. The molecule has 1 aromatic heterocycles. The van der Waals surface area contributed by atoms with Gasteiger partial charge in [0.05, 0.1) is 23.3 Å². The van der Waals surface area contributed by atoms with Crippen LogP contribution in [0.25, 0.3) is 10.9 Å². The summed E-state index contributed by atoms with van der Waals surface area (Å²) in [5.74, 6) is -0.514. The van der Waals surface area contributed by atoms with Gasteiger partial charge in [-0.1, -0.05) is 69.3 Å². The second-order valence-electron chi connectivity index (χ2n) is 7.48. The molecule has 1 N–H and O–H groups in total. The molecule has 0 fully saturated rings. The highest BCUT2D eigenvalue weighted by atomic mass is 16.1. The van der Waals surface area contributed by atoms with E-state index in [0.717, 1.165) is 22.9 Å². The molecular formula is C24H26N2O. The number of para-hydroxylation sites is 1. The number of aromatic nitrogens is 1. The maximum atomic E-state index is 12.8. The highest BCUT2D eigenvalue weighted by molar-refractivity contribution is 5.98. The van der Waals surface area contributed by atoms with E-state index in [2.05, 4.69) is 49.8 Å². The van der Waals surface area contributed by atoms with Gasteiger partial charge in [0.15, 0.2) is 0 Å². The van der Waals surface area contributed by atoms with E-state index in [1.54, 1.807) is 12.3 Å². The van der Waals surface area contributed by atoms with E-state index in [9.17, 15) is 4.79 Å². The molecule has 0 spiro atoms. The maximum absolute atomic E-state index is 12.8. The van der Waals surface area contributed by atoms with Crippen LogP contribution in [0.15, 0.2) is 73.4 Å². The van der Waals surface area contributed by atoms with Gasteiger partial charge < -0.3 is 5.32 Å². The number of amides is 1. The zero-order chi connectivity index (χ0) is 19.4. The van der Waals surface area contributed by atoms with Gasteiger partial charge in [-0.15, -0.1) is 6.58 Å². The van der Waals surface area contributed by atoms with Crippen molar-refractivity contribution in [2.24, 2.45) is 0 Å². The fraction of sp³-hybridized carbons (Fsp3) is 0.250. The van der Waals surface area contributed by atoms with Crippen LogP contribution in [-0.2, 0) is 10.2 Å². The van der Waals surface area contributed by atoms with Gasteiger partial charge in [0.2, 0.25) is 5.91 Å². The number of anilines is 1. The Bertz CT molecular complexity index is 958. The van der Waals surface area contributed by atoms with Crippen molar-refractivity contribution in [1.82, 2.24) is 4.98 Å². The topological polar surface area (TPSA) is 42.0 Å². The molecule has 3 heteroatoms. The number of carbonyl (C=O) groups is 1. The fourth-order valence-electron chi connectivity index (χ4n) is 3.10. The predicted molar refractivity (Wildman–Crippen MR) is 113 cm³/mol. The molecule has 27 heavy (non-hydrogen) atoms. The first kappa shape index (κ1) is 18.8. The van der Waals surface area contributed by atoms with Gasteiger partial charge in [-0.3, -0.25) is 9.78 Å². The summed E-state index contributed by atoms with van der Waals surface area (Å²) in [6.07, 6.45) is 4.43. The van der Waals surface area contributed by atoms with Crippen molar-refractivity contribution in [2.75, 3.05) is 5.32 Å². The van der Waals surface area contributed by atoms with Crippen LogP contribution in [0, 0.1) is 0 Å². The number of hydrogen-bond donors (Lipinski definition) is 1. The summed E-state index contributed by atoms with van der Waals surface area (Å²) in [5, 5.41) is 3.96. The van der Waals surface area contributed by atoms with E-state index in [0.29, 0.717) is 5.69 Å². The van der Waals surface area contributed by atoms with Crippen LogP contribution in [-0.4, -0.2) is 10.9 Å². The molecule has 138 valence electrons. The third kappa shape index (κ3) is 4.08. The Kier molecular flexibility index (Phi) is 5.41. The minimum atomic E-state index is -0.407. The van der Waals surface area contributed by atoms with Crippen molar-refractivity contribution in [3.63, 3.8) is 0 Å². The molecule has 3 aromatic rings. The Morgan fingerprint density at radius 3 is 2.56 bits per heavy atom. The number of nitrogens with one attached hydrogen (secondary N) is 1. The first-order valence-electron chi connectivity index (χ1n) is 9.33.